The average Bonchev–Trinajstić information content (AvgIpc) is 2.61. The van der Waals surface area contributed by atoms with Crippen LogP contribution in [0, 0.1) is 5.82 Å². The van der Waals surface area contributed by atoms with Gasteiger partial charge in [-0.15, -0.1) is 0 Å². The second-order valence-corrected chi connectivity index (χ2v) is 8.55. The largest absolute Gasteiger partial charge is 0.355 e. The number of rotatable bonds is 8. The SMILES string of the molecule is CC(C)(C)c1ccc(CCC(=O)NCCSCc2ccccc2F)cc1. The first kappa shape index (κ1) is 20.5. The Morgan fingerprint density at radius 2 is 1.77 bits per heavy atom. The number of halogens is 1. The van der Waals surface area contributed by atoms with Gasteiger partial charge < -0.3 is 5.32 Å². The summed E-state index contributed by atoms with van der Waals surface area (Å²) in [5.74, 6) is 1.31. The maximum absolute atomic E-state index is 13.5. The van der Waals surface area contributed by atoms with Crippen molar-refractivity contribution in [3.05, 3.63) is 71.0 Å². The van der Waals surface area contributed by atoms with Crippen LogP contribution in [-0.4, -0.2) is 18.2 Å². The fourth-order valence-electron chi connectivity index (χ4n) is 2.58. The molecule has 1 N–H and O–H groups in total. The van der Waals surface area contributed by atoms with Gasteiger partial charge in [0.15, 0.2) is 0 Å². The predicted molar refractivity (Wildman–Crippen MR) is 109 cm³/mol. The van der Waals surface area contributed by atoms with Crippen LogP contribution in [0.4, 0.5) is 4.39 Å². The molecule has 2 aromatic carbocycles. The van der Waals surface area contributed by atoms with Gasteiger partial charge in [0.2, 0.25) is 5.91 Å². The molecule has 0 aromatic heterocycles. The lowest BCUT2D eigenvalue weighted by Crippen LogP contribution is -2.26. The Bertz CT molecular complexity index is 707. The monoisotopic (exact) mass is 373 g/mol. The van der Waals surface area contributed by atoms with E-state index in [0.717, 1.165) is 12.2 Å². The molecule has 0 aliphatic heterocycles. The van der Waals surface area contributed by atoms with Gasteiger partial charge in [-0.25, -0.2) is 4.39 Å². The molecule has 2 rings (SSSR count). The van der Waals surface area contributed by atoms with E-state index in [1.807, 2.05) is 6.07 Å². The molecule has 140 valence electrons. The Kier molecular flexibility index (Phi) is 7.70. The highest BCUT2D eigenvalue weighted by Crippen LogP contribution is 2.22. The first-order valence-corrected chi connectivity index (χ1v) is 10.2. The standard InChI is InChI=1S/C22H28FNOS/c1-22(2,3)19-11-8-17(9-12-19)10-13-21(25)24-14-15-26-16-18-6-4-5-7-20(18)23/h4-9,11-12H,10,13-16H2,1-3H3,(H,24,25). The van der Waals surface area contributed by atoms with Crippen LogP contribution in [0.2, 0.25) is 0 Å². The smallest absolute Gasteiger partial charge is 0.220 e. The molecule has 0 fully saturated rings. The van der Waals surface area contributed by atoms with Crippen LogP contribution in [-0.2, 0) is 22.4 Å². The van der Waals surface area contributed by atoms with Crippen LogP contribution in [0.5, 0.6) is 0 Å². The lowest BCUT2D eigenvalue weighted by molar-refractivity contribution is -0.120. The van der Waals surface area contributed by atoms with Crippen LogP contribution in [0.25, 0.3) is 0 Å². The van der Waals surface area contributed by atoms with Crippen molar-refractivity contribution in [1.29, 1.82) is 0 Å². The van der Waals surface area contributed by atoms with Gasteiger partial charge >= 0.3 is 0 Å². The molecule has 0 aliphatic rings. The second kappa shape index (κ2) is 9.77. The molecule has 0 saturated carbocycles. The minimum absolute atomic E-state index is 0.0661. The molecule has 2 aromatic rings. The van der Waals surface area contributed by atoms with Gasteiger partial charge in [-0.05, 0) is 34.6 Å². The lowest BCUT2D eigenvalue weighted by Gasteiger charge is -2.19. The number of nitrogens with one attached hydrogen (secondary N) is 1. The van der Waals surface area contributed by atoms with Gasteiger partial charge in [0.05, 0.1) is 0 Å². The maximum Gasteiger partial charge on any atom is 0.220 e. The minimum Gasteiger partial charge on any atom is -0.355 e. The average molecular weight is 374 g/mol. The predicted octanol–water partition coefficient (Wildman–Crippen LogP) is 5.11. The second-order valence-electron chi connectivity index (χ2n) is 7.44. The highest BCUT2D eigenvalue weighted by molar-refractivity contribution is 7.98. The molecule has 0 aliphatic carbocycles. The summed E-state index contributed by atoms with van der Waals surface area (Å²) in [6.45, 7) is 7.19. The van der Waals surface area contributed by atoms with E-state index < -0.39 is 0 Å². The first-order valence-electron chi connectivity index (χ1n) is 9.03. The Balaban J connectivity index is 1.62. The highest BCUT2D eigenvalue weighted by atomic mass is 32.2. The van der Waals surface area contributed by atoms with E-state index >= 15 is 0 Å². The molecule has 26 heavy (non-hydrogen) atoms. The molecular formula is C22H28FNOS. The van der Waals surface area contributed by atoms with Gasteiger partial charge in [-0.3, -0.25) is 4.79 Å². The van der Waals surface area contributed by atoms with E-state index in [-0.39, 0.29) is 17.1 Å². The van der Waals surface area contributed by atoms with Gasteiger partial charge in [-0.1, -0.05) is 63.2 Å². The van der Waals surface area contributed by atoms with Gasteiger partial charge in [0, 0.05) is 24.5 Å². The van der Waals surface area contributed by atoms with E-state index in [0.29, 0.717) is 24.3 Å². The fraction of sp³-hybridized carbons (Fsp3) is 0.409. The number of thioether (sulfide) groups is 1. The van der Waals surface area contributed by atoms with Crippen molar-refractivity contribution in [2.75, 3.05) is 12.3 Å². The third kappa shape index (κ3) is 6.83. The highest BCUT2D eigenvalue weighted by Gasteiger charge is 2.13. The van der Waals surface area contributed by atoms with Crippen LogP contribution in [0.15, 0.2) is 48.5 Å². The van der Waals surface area contributed by atoms with Crippen LogP contribution < -0.4 is 5.32 Å². The lowest BCUT2D eigenvalue weighted by atomic mass is 9.86. The molecule has 1 amide bonds. The van der Waals surface area contributed by atoms with Crippen molar-refractivity contribution in [3.8, 4) is 0 Å². The van der Waals surface area contributed by atoms with Crippen LogP contribution in [0.3, 0.4) is 0 Å². The Morgan fingerprint density at radius 3 is 2.42 bits per heavy atom. The quantitative estimate of drug-likeness (QED) is 0.652. The summed E-state index contributed by atoms with van der Waals surface area (Å²) >= 11 is 1.63. The zero-order valence-electron chi connectivity index (χ0n) is 15.8. The molecule has 4 heteroatoms. The summed E-state index contributed by atoms with van der Waals surface area (Å²) in [5.41, 5.74) is 3.35. The topological polar surface area (TPSA) is 29.1 Å². The number of carbonyl (C=O) groups excluding carboxylic acids is 1. The van der Waals surface area contributed by atoms with Crippen LogP contribution in [0.1, 0.15) is 43.9 Å². The normalized spacial score (nSPS) is 11.4. The number of hydrogen-bond donors (Lipinski definition) is 1. The number of carbonyl (C=O) groups is 1. The van der Waals surface area contributed by atoms with Gasteiger partial charge in [-0.2, -0.15) is 11.8 Å². The molecule has 0 heterocycles. The van der Waals surface area contributed by atoms with E-state index in [4.69, 9.17) is 0 Å². The Hall–Kier alpha value is -1.81. The van der Waals surface area contributed by atoms with Crippen molar-refractivity contribution in [1.82, 2.24) is 5.32 Å². The Labute approximate surface area is 160 Å². The van der Waals surface area contributed by atoms with Crippen molar-refractivity contribution < 1.29 is 9.18 Å². The van der Waals surface area contributed by atoms with Crippen molar-refractivity contribution in [3.63, 3.8) is 0 Å². The molecule has 0 atom stereocenters. The zero-order valence-corrected chi connectivity index (χ0v) is 16.7. The fourth-order valence-corrected chi connectivity index (χ4v) is 3.42. The summed E-state index contributed by atoms with van der Waals surface area (Å²) in [5, 5.41) is 2.94. The third-order valence-corrected chi connectivity index (χ3v) is 5.25. The zero-order chi connectivity index (χ0) is 19.0. The minimum atomic E-state index is -0.165. The summed E-state index contributed by atoms with van der Waals surface area (Å²) in [6.07, 6.45) is 1.24. The first-order chi connectivity index (χ1) is 12.4. The molecule has 0 bridgehead atoms. The molecule has 2 nitrogen and oxygen atoms in total. The van der Waals surface area contributed by atoms with E-state index in [2.05, 4.69) is 50.4 Å². The molecule has 0 saturated heterocycles. The van der Waals surface area contributed by atoms with Crippen molar-refractivity contribution in [2.45, 2.75) is 44.8 Å². The Morgan fingerprint density at radius 1 is 1.08 bits per heavy atom. The number of aryl methyl sites for hydroxylation is 1. The molecule has 0 radical (unpaired) electrons. The van der Waals surface area contributed by atoms with Crippen molar-refractivity contribution in [2.24, 2.45) is 0 Å². The molecule has 0 unspecified atom stereocenters. The van der Waals surface area contributed by atoms with E-state index in [1.165, 1.54) is 17.2 Å². The summed E-state index contributed by atoms with van der Waals surface area (Å²) < 4.78 is 13.5. The summed E-state index contributed by atoms with van der Waals surface area (Å²) in [7, 11) is 0. The summed E-state index contributed by atoms with van der Waals surface area (Å²) in [4.78, 5) is 11.9. The number of amides is 1. The van der Waals surface area contributed by atoms with Gasteiger partial charge in [0.25, 0.3) is 0 Å². The number of hydrogen-bond acceptors (Lipinski definition) is 2. The van der Waals surface area contributed by atoms with Crippen molar-refractivity contribution >= 4 is 17.7 Å². The van der Waals surface area contributed by atoms with E-state index in [9.17, 15) is 9.18 Å². The van der Waals surface area contributed by atoms with Gasteiger partial charge in [0.1, 0.15) is 5.82 Å². The third-order valence-electron chi connectivity index (χ3n) is 4.24. The maximum atomic E-state index is 13.5. The summed E-state index contributed by atoms with van der Waals surface area (Å²) in [6, 6.07) is 15.3. The van der Waals surface area contributed by atoms with Crippen LogP contribution >= 0.6 is 11.8 Å². The number of benzene rings is 2. The molecular weight excluding hydrogens is 345 g/mol. The molecule has 0 spiro atoms. The van der Waals surface area contributed by atoms with E-state index in [1.54, 1.807) is 23.9 Å².